The minimum absolute atomic E-state index is 0.382. The Bertz CT molecular complexity index is 1280. The quantitative estimate of drug-likeness (QED) is 0.390. The van der Waals surface area contributed by atoms with Crippen LogP contribution in [0.25, 0.3) is 22.1 Å². The summed E-state index contributed by atoms with van der Waals surface area (Å²) in [6.07, 6.45) is 1.43. The number of hydrazone groups is 1. The zero-order chi connectivity index (χ0) is 20.9. The number of ether oxygens (including phenoxy) is 1. The fourth-order valence-corrected chi connectivity index (χ4v) is 3.07. The van der Waals surface area contributed by atoms with Crippen molar-refractivity contribution < 1.29 is 13.9 Å². The summed E-state index contributed by atoms with van der Waals surface area (Å²) in [7, 11) is 1.53. The van der Waals surface area contributed by atoms with E-state index in [0.717, 1.165) is 16.3 Å². The number of nitrogens with zero attached hydrogens (tertiary/aromatic N) is 2. The third kappa shape index (κ3) is 3.91. The number of rotatable bonds is 5. The van der Waals surface area contributed by atoms with Gasteiger partial charge in [-0.25, -0.2) is 5.43 Å². The Balaban J connectivity index is 1.48. The Kier molecular flexibility index (Phi) is 5.27. The molecule has 0 aliphatic heterocycles. The van der Waals surface area contributed by atoms with Crippen molar-refractivity contribution >= 4 is 22.9 Å². The molecule has 1 amide bonds. The molecule has 0 unspecified atom stereocenters. The van der Waals surface area contributed by atoms with Crippen LogP contribution in [0.3, 0.4) is 0 Å². The van der Waals surface area contributed by atoms with E-state index < -0.39 is 0 Å². The number of fused-ring (bicyclic) bond motifs is 1. The molecule has 4 rings (SSSR count). The average molecular weight is 395 g/mol. The third-order valence-electron chi connectivity index (χ3n) is 4.60. The fraction of sp³-hybridized carbons (Fsp3) is 0.0417. The van der Waals surface area contributed by atoms with Gasteiger partial charge in [0.1, 0.15) is 17.3 Å². The lowest BCUT2D eigenvalue weighted by Crippen LogP contribution is -2.18. The van der Waals surface area contributed by atoms with Crippen LogP contribution in [0.15, 0.2) is 82.3 Å². The molecule has 6 heteroatoms. The molecule has 0 aliphatic carbocycles. The van der Waals surface area contributed by atoms with E-state index in [1.807, 2.05) is 42.5 Å². The highest BCUT2D eigenvalue weighted by molar-refractivity contribution is 6.01. The maximum absolute atomic E-state index is 12.6. The molecule has 0 bridgehead atoms. The molecule has 4 aromatic rings. The van der Waals surface area contributed by atoms with Gasteiger partial charge in [-0.1, -0.05) is 24.3 Å². The fourth-order valence-electron chi connectivity index (χ4n) is 3.07. The molecule has 0 spiro atoms. The van der Waals surface area contributed by atoms with Gasteiger partial charge < -0.3 is 9.15 Å². The smallest absolute Gasteiger partial charge is 0.275 e. The van der Waals surface area contributed by atoms with Crippen molar-refractivity contribution in [3.05, 3.63) is 89.7 Å². The Morgan fingerprint density at radius 3 is 2.50 bits per heavy atom. The van der Waals surface area contributed by atoms with Crippen molar-refractivity contribution in [1.29, 1.82) is 5.26 Å². The van der Waals surface area contributed by atoms with Crippen LogP contribution < -0.4 is 10.2 Å². The summed E-state index contributed by atoms with van der Waals surface area (Å²) in [5.41, 5.74) is 4.33. The van der Waals surface area contributed by atoms with E-state index in [4.69, 9.17) is 14.4 Å². The summed E-state index contributed by atoms with van der Waals surface area (Å²) in [6.45, 7) is 0. The largest absolute Gasteiger partial charge is 0.496 e. The summed E-state index contributed by atoms with van der Waals surface area (Å²) in [5, 5.41) is 14.8. The molecule has 146 valence electrons. The second kappa shape index (κ2) is 8.33. The molecule has 30 heavy (non-hydrogen) atoms. The van der Waals surface area contributed by atoms with Crippen LogP contribution >= 0.6 is 0 Å². The van der Waals surface area contributed by atoms with Crippen molar-refractivity contribution in [3.8, 4) is 23.1 Å². The summed E-state index contributed by atoms with van der Waals surface area (Å²) < 4.78 is 11.1. The lowest BCUT2D eigenvalue weighted by Gasteiger charge is -2.09. The number of furan rings is 1. The summed E-state index contributed by atoms with van der Waals surface area (Å²) >= 11 is 0. The van der Waals surface area contributed by atoms with Crippen molar-refractivity contribution in [2.75, 3.05) is 7.11 Å². The zero-order valence-electron chi connectivity index (χ0n) is 16.1. The van der Waals surface area contributed by atoms with Gasteiger partial charge >= 0.3 is 0 Å². The number of hydrogen-bond acceptors (Lipinski definition) is 5. The molecule has 0 aliphatic rings. The molecule has 0 saturated heterocycles. The maximum atomic E-state index is 12.6. The third-order valence-corrected chi connectivity index (χ3v) is 4.60. The van der Waals surface area contributed by atoms with Gasteiger partial charge in [0.25, 0.3) is 5.91 Å². The molecule has 0 atom stereocenters. The van der Waals surface area contributed by atoms with Gasteiger partial charge in [0.05, 0.1) is 30.5 Å². The van der Waals surface area contributed by atoms with Crippen LogP contribution in [0.2, 0.25) is 0 Å². The standard InChI is InChI=1S/C24H17N3O3/c1-29-23-13-19-5-3-2-4-18(19)12-21(23)24(28)27-26-15-20-10-11-22(30-20)17-8-6-16(14-25)7-9-17/h2-13,15H,1H3,(H,27,28). The lowest BCUT2D eigenvalue weighted by atomic mass is 10.1. The number of nitriles is 1. The van der Waals surface area contributed by atoms with Gasteiger partial charge in [0.15, 0.2) is 0 Å². The first-order valence-corrected chi connectivity index (χ1v) is 9.18. The van der Waals surface area contributed by atoms with Gasteiger partial charge in [0, 0.05) is 5.56 Å². The molecule has 3 aromatic carbocycles. The van der Waals surface area contributed by atoms with Gasteiger partial charge in [-0.2, -0.15) is 10.4 Å². The van der Waals surface area contributed by atoms with Gasteiger partial charge in [-0.05, 0) is 59.3 Å². The minimum atomic E-state index is -0.382. The number of methoxy groups -OCH3 is 1. The normalized spacial score (nSPS) is 10.8. The Labute approximate surface area is 173 Å². The molecule has 1 aromatic heterocycles. The molecular weight excluding hydrogens is 378 g/mol. The zero-order valence-corrected chi connectivity index (χ0v) is 16.1. The van der Waals surface area contributed by atoms with Crippen molar-refractivity contribution in [3.63, 3.8) is 0 Å². The molecule has 0 fully saturated rings. The number of amides is 1. The predicted molar refractivity (Wildman–Crippen MR) is 114 cm³/mol. The van der Waals surface area contributed by atoms with Gasteiger partial charge in [0.2, 0.25) is 0 Å². The molecule has 1 N–H and O–H groups in total. The first-order valence-electron chi connectivity index (χ1n) is 9.18. The van der Waals surface area contributed by atoms with Crippen LogP contribution in [0.4, 0.5) is 0 Å². The highest BCUT2D eigenvalue weighted by Crippen LogP contribution is 2.26. The highest BCUT2D eigenvalue weighted by Gasteiger charge is 2.13. The van der Waals surface area contributed by atoms with Crippen LogP contribution in [0.5, 0.6) is 5.75 Å². The maximum Gasteiger partial charge on any atom is 0.275 e. The molecular formula is C24H17N3O3. The lowest BCUT2D eigenvalue weighted by molar-refractivity contribution is 0.0952. The summed E-state index contributed by atoms with van der Waals surface area (Å²) in [4.78, 5) is 12.6. The second-order valence-electron chi connectivity index (χ2n) is 6.49. The van der Waals surface area contributed by atoms with Crippen LogP contribution in [0, 0.1) is 11.3 Å². The van der Waals surface area contributed by atoms with Crippen LogP contribution in [0.1, 0.15) is 21.7 Å². The minimum Gasteiger partial charge on any atom is -0.496 e. The number of carbonyl (C=O) groups excluding carboxylic acids is 1. The Hall–Kier alpha value is -4.37. The Morgan fingerprint density at radius 1 is 1.07 bits per heavy atom. The Morgan fingerprint density at radius 2 is 1.80 bits per heavy atom. The van der Waals surface area contributed by atoms with E-state index in [2.05, 4.69) is 16.6 Å². The van der Waals surface area contributed by atoms with Crippen LogP contribution in [-0.4, -0.2) is 19.2 Å². The topological polar surface area (TPSA) is 87.6 Å². The summed E-state index contributed by atoms with van der Waals surface area (Å²) in [5.74, 6) is 1.22. The van der Waals surface area contributed by atoms with Crippen LogP contribution in [-0.2, 0) is 0 Å². The first-order chi connectivity index (χ1) is 14.7. The first kappa shape index (κ1) is 19.0. The predicted octanol–water partition coefficient (Wildman–Crippen LogP) is 4.74. The number of hydrogen-bond donors (Lipinski definition) is 1. The van der Waals surface area contributed by atoms with E-state index in [0.29, 0.717) is 28.4 Å². The van der Waals surface area contributed by atoms with E-state index >= 15 is 0 Å². The number of nitrogens with one attached hydrogen (secondary N) is 1. The van der Waals surface area contributed by atoms with Crippen molar-refractivity contribution in [1.82, 2.24) is 5.43 Å². The summed E-state index contributed by atoms with van der Waals surface area (Å²) in [6, 6.07) is 24.0. The van der Waals surface area contributed by atoms with E-state index in [1.165, 1.54) is 13.3 Å². The van der Waals surface area contributed by atoms with Gasteiger partial charge in [-0.3, -0.25) is 4.79 Å². The van der Waals surface area contributed by atoms with E-state index in [9.17, 15) is 4.79 Å². The molecule has 1 heterocycles. The van der Waals surface area contributed by atoms with Gasteiger partial charge in [-0.15, -0.1) is 0 Å². The number of carbonyl (C=O) groups is 1. The average Bonchev–Trinajstić information content (AvgIpc) is 3.27. The molecule has 0 radical (unpaired) electrons. The van der Waals surface area contributed by atoms with E-state index in [1.54, 1.807) is 30.3 Å². The molecule has 6 nitrogen and oxygen atoms in total. The number of benzene rings is 3. The van der Waals surface area contributed by atoms with E-state index in [-0.39, 0.29) is 5.91 Å². The van der Waals surface area contributed by atoms with Crippen molar-refractivity contribution in [2.24, 2.45) is 5.10 Å². The second-order valence-corrected chi connectivity index (χ2v) is 6.49. The highest BCUT2D eigenvalue weighted by atomic mass is 16.5. The monoisotopic (exact) mass is 395 g/mol. The molecule has 0 saturated carbocycles. The van der Waals surface area contributed by atoms with Crippen molar-refractivity contribution in [2.45, 2.75) is 0 Å². The SMILES string of the molecule is COc1cc2ccccc2cc1C(=O)NN=Cc1ccc(-c2ccc(C#N)cc2)o1.